The lowest BCUT2D eigenvalue weighted by Crippen LogP contribution is -2.37. The first kappa shape index (κ1) is 15.2. The Balaban J connectivity index is 1.92. The second kappa shape index (κ2) is 7.00. The highest BCUT2D eigenvalue weighted by Crippen LogP contribution is 2.15. The van der Waals surface area contributed by atoms with E-state index in [4.69, 9.17) is 15.6 Å². The minimum Gasteiger partial charge on any atom is -0.481 e. The minimum atomic E-state index is -1.11. The molecular formula is C13H18N4O4. The van der Waals surface area contributed by atoms with Gasteiger partial charge in [0.05, 0.1) is 37.6 Å². The number of carboxylic acid groups (broad SMARTS) is 1. The number of pyridine rings is 1. The zero-order valence-corrected chi connectivity index (χ0v) is 11.5. The maximum Gasteiger partial charge on any atom is 0.305 e. The first-order chi connectivity index (χ1) is 10.1. The Morgan fingerprint density at radius 3 is 2.71 bits per heavy atom. The summed E-state index contributed by atoms with van der Waals surface area (Å²) in [6.45, 7) is 2.90. The number of anilines is 2. The SMILES string of the molecule is NC(CC(=O)O)C(=O)Nc1ccc(N2CCOCC2)nc1. The Bertz CT molecular complexity index is 499. The number of hydrogen-bond acceptors (Lipinski definition) is 6. The van der Waals surface area contributed by atoms with E-state index in [0.29, 0.717) is 18.9 Å². The zero-order chi connectivity index (χ0) is 15.2. The summed E-state index contributed by atoms with van der Waals surface area (Å²) >= 11 is 0. The molecule has 1 unspecified atom stereocenters. The van der Waals surface area contributed by atoms with Crippen molar-refractivity contribution in [3.63, 3.8) is 0 Å². The van der Waals surface area contributed by atoms with Gasteiger partial charge in [-0.05, 0) is 12.1 Å². The van der Waals surface area contributed by atoms with Crippen molar-refractivity contribution in [2.24, 2.45) is 5.73 Å². The molecule has 8 heteroatoms. The smallest absolute Gasteiger partial charge is 0.305 e. The molecule has 1 amide bonds. The average molecular weight is 294 g/mol. The highest BCUT2D eigenvalue weighted by Gasteiger charge is 2.17. The highest BCUT2D eigenvalue weighted by molar-refractivity contribution is 5.96. The standard InChI is InChI=1S/C13H18N4O4/c14-10(7-12(18)19)13(20)16-9-1-2-11(15-8-9)17-3-5-21-6-4-17/h1-2,8,10H,3-7,14H2,(H,16,20)(H,18,19). The number of amides is 1. The van der Waals surface area contributed by atoms with Crippen LogP contribution < -0.4 is 16.0 Å². The molecule has 0 radical (unpaired) electrons. The third-order valence-corrected chi connectivity index (χ3v) is 3.08. The van der Waals surface area contributed by atoms with Crippen molar-refractivity contribution in [2.75, 3.05) is 36.5 Å². The molecule has 8 nitrogen and oxygen atoms in total. The van der Waals surface area contributed by atoms with Gasteiger partial charge in [-0.2, -0.15) is 0 Å². The maximum atomic E-state index is 11.7. The highest BCUT2D eigenvalue weighted by atomic mass is 16.5. The molecule has 1 saturated heterocycles. The van der Waals surface area contributed by atoms with E-state index in [-0.39, 0.29) is 0 Å². The van der Waals surface area contributed by atoms with Crippen LogP contribution in [-0.2, 0) is 14.3 Å². The van der Waals surface area contributed by atoms with Crippen LogP contribution in [0.5, 0.6) is 0 Å². The van der Waals surface area contributed by atoms with Crippen molar-refractivity contribution in [3.05, 3.63) is 18.3 Å². The third kappa shape index (κ3) is 4.40. The van der Waals surface area contributed by atoms with Crippen LogP contribution in [0.15, 0.2) is 18.3 Å². The van der Waals surface area contributed by atoms with Gasteiger partial charge in [-0.15, -0.1) is 0 Å². The molecule has 0 bridgehead atoms. The van der Waals surface area contributed by atoms with E-state index in [1.54, 1.807) is 12.1 Å². The summed E-state index contributed by atoms with van der Waals surface area (Å²) < 4.78 is 5.27. The van der Waals surface area contributed by atoms with Crippen LogP contribution in [0.25, 0.3) is 0 Å². The van der Waals surface area contributed by atoms with Gasteiger partial charge >= 0.3 is 5.97 Å². The predicted molar refractivity (Wildman–Crippen MR) is 76.1 cm³/mol. The molecule has 1 fully saturated rings. The number of aliphatic carboxylic acids is 1. The number of nitrogens with one attached hydrogen (secondary N) is 1. The quantitative estimate of drug-likeness (QED) is 0.679. The number of nitrogens with two attached hydrogens (primary N) is 1. The number of nitrogens with zero attached hydrogens (tertiary/aromatic N) is 2. The second-order valence-electron chi connectivity index (χ2n) is 4.70. The molecule has 0 saturated carbocycles. The molecule has 0 spiro atoms. The molecule has 2 heterocycles. The second-order valence-corrected chi connectivity index (χ2v) is 4.70. The third-order valence-electron chi connectivity index (χ3n) is 3.08. The molecule has 114 valence electrons. The predicted octanol–water partition coefficient (Wildman–Crippen LogP) is -0.341. The number of hydrogen-bond donors (Lipinski definition) is 3. The van der Waals surface area contributed by atoms with E-state index in [1.165, 1.54) is 6.20 Å². The van der Waals surface area contributed by atoms with Crippen LogP contribution in [0.4, 0.5) is 11.5 Å². The first-order valence-electron chi connectivity index (χ1n) is 6.63. The summed E-state index contributed by atoms with van der Waals surface area (Å²) in [5, 5.41) is 11.1. The van der Waals surface area contributed by atoms with Gasteiger partial charge in [-0.1, -0.05) is 0 Å². The largest absolute Gasteiger partial charge is 0.481 e. The number of morpholine rings is 1. The maximum absolute atomic E-state index is 11.7. The summed E-state index contributed by atoms with van der Waals surface area (Å²) in [4.78, 5) is 28.5. The molecule has 2 rings (SSSR count). The molecule has 1 aromatic heterocycles. The summed E-state index contributed by atoms with van der Waals surface area (Å²) in [5.41, 5.74) is 5.96. The van der Waals surface area contributed by atoms with E-state index in [9.17, 15) is 9.59 Å². The number of carbonyl (C=O) groups is 2. The van der Waals surface area contributed by atoms with E-state index in [2.05, 4.69) is 15.2 Å². The van der Waals surface area contributed by atoms with Crippen molar-refractivity contribution >= 4 is 23.4 Å². The Labute approximate surface area is 121 Å². The van der Waals surface area contributed by atoms with Crippen LogP contribution in [0, 0.1) is 0 Å². The monoisotopic (exact) mass is 294 g/mol. The summed E-state index contributed by atoms with van der Waals surface area (Å²) in [6.07, 6.45) is 1.11. The number of carboxylic acids is 1. The number of rotatable bonds is 5. The molecule has 1 aromatic rings. The molecule has 1 atom stereocenters. The Morgan fingerprint density at radius 2 is 2.14 bits per heavy atom. The zero-order valence-electron chi connectivity index (χ0n) is 11.5. The Morgan fingerprint density at radius 1 is 1.43 bits per heavy atom. The van der Waals surface area contributed by atoms with Gasteiger partial charge in [0.25, 0.3) is 0 Å². The van der Waals surface area contributed by atoms with Crippen molar-refractivity contribution < 1.29 is 19.4 Å². The van der Waals surface area contributed by atoms with Gasteiger partial charge in [0.2, 0.25) is 5.91 Å². The van der Waals surface area contributed by atoms with Gasteiger partial charge in [0.15, 0.2) is 0 Å². The first-order valence-corrected chi connectivity index (χ1v) is 6.63. The van der Waals surface area contributed by atoms with E-state index in [1.807, 2.05) is 0 Å². The molecular weight excluding hydrogens is 276 g/mol. The van der Waals surface area contributed by atoms with Crippen molar-refractivity contribution in [1.82, 2.24) is 4.98 Å². The van der Waals surface area contributed by atoms with Crippen molar-refractivity contribution in [1.29, 1.82) is 0 Å². The number of aromatic nitrogens is 1. The molecule has 1 aliphatic rings. The van der Waals surface area contributed by atoms with Gasteiger partial charge in [-0.3, -0.25) is 9.59 Å². The topological polar surface area (TPSA) is 118 Å². The van der Waals surface area contributed by atoms with Gasteiger partial charge in [0, 0.05) is 13.1 Å². The lowest BCUT2D eigenvalue weighted by Gasteiger charge is -2.27. The molecule has 0 aliphatic carbocycles. The van der Waals surface area contributed by atoms with Gasteiger partial charge in [-0.25, -0.2) is 4.98 Å². The number of carbonyl (C=O) groups excluding carboxylic acids is 1. The molecule has 4 N–H and O–H groups in total. The van der Waals surface area contributed by atoms with Gasteiger partial charge < -0.3 is 25.8 Å². The fourth-order valence-corrected chi connectivity index (χ4v) is 1.96. The van der Waals surface area contributed by atoms with E-state index in [0.717, 1.165) is 18.9 Å². The Hall–Kier alpha value is -2.19. The summed E-state index contributed by atoms with van der Waals surface area (Å²) in [5.74, 6) is -0.845. The van der Waals surface area contributed by atoms with Crippen molar-refractivity contribution in [3.8, 4) is 0 Å². The van der Waals surface area contributed by atoms with Crippen LogP contribution in [0.3, 0.4) is 0 Å². The lowest BCUT2D eigenvalue weighted by molar-refractivity contribution is -0.138. The summed E-state index contributed by atoms with van der Waals surface area (Å²) in [6, 6.07) is 2.42. The summed E-state index contributed by atoms with van der Waals surface area (Å²) in [7, 11) is 0. The number of ether oxygens (including phenoxy) is 1. The fraction of sp³-hybridized carbons (Fsp3) is 0.462. The van der Waals surface area contributed by atoms with Crippen LogP contribution in [0.1, 0.15) is 6.42 Å². The van der Waals surface area contributed by atoms with E-state index < -0.39 is 24.3 Å². The van der Waals surface area contributed by atoms with Crippen LogP contribution in [0.2, 0.25) is 0 Å². The van der Waals surface area contributed by atoms with Crippen LogP contribution >= 0.6 is 0 Å². The normalized spacial score (nSPS) is 16.3. The van der Waals surface area contributed by atoms with E-state index >= 15 is 0 Å². The average Bonchev–Trinajstić information content (AvgIpc) is 2.48. The van der Waals surface area contributed by atoms with Crippen LogP contribution in [-0.4, -0.2) is 54.3 Å². The molecule has 21 heavy (non-hydrogen) atoms. The fourth-order valence-electron chi connectivity index (χ4n) is 1.96. The Kier molecular flexibility index (Phi) is 5.07. The molecule has 1 aliphatic heterocycles. The lowest BCUT2D eigenvalue weighted by atomic mass is 10.2. The molecule has 0 aromatic carbocycles. The van der Waals surface area contributed by atoms with Crippen molar-refractivity contribution in [2.45, 2.75) is 12.5 Å². The van der Waals surface area contributed by atoms with Gasteiger partial charge in [0.1, 0.15) is 5.82 Å². The minimum absolute atomic E-state index is 0.412.